The van der Waals surface area contributed by atoms with Crippen LogP contribution in [-0.2, 0) is 10.3 Å². The number of ether oxygens (including phenoxy) is 1. The fourth-order valence-corrected chi connectivity index (χ4v) is 4.23. The molecular weight excluding hydrogens is 354 g/mol. The Balaban J connectivity index is 1.90. The van der Waals surface area contributed by atoms with E-state index < -0.39 is 34.5 Å². The zero-order valence-corrected chi connectivity index (χ0v) is 15.8. The van der Waals surface area contributed by atoms with Crippen LogP contribution < -0.4 is 0 Å². The van der Waals surface area contributed by atoms with E-state index in [1.807, 2.05) is 0 Å². The Hall–Kier alpha value is -2.20. The summed E-state index contributed by atoms with van der Waals surface area (Å²) in [6, 6.07) is 3.02. The molecule has 0 spiro atoms. The second-order valence-electron chi connectivity index (χ2n) is 8.49. The molecule has 1 aromatic rings. The van der Waals surface area contributed by atoms with E-state index in [0.717, 1.165) is 18.6 Å². The summed E-state index contributed by atoms with van der Waals surface area (Å²) in [5.74, 6) is -1.97. The van der Waals surface area contributed by atoms with Gasteiger partial charge < -0.3 is 14.7 Å². The molecule has 2 heterocycles. The number of piperidine rings is 2. The van der Waals surface area contributed by atoms with Gasteiger partial charge in [0.15, 0.2) is 0 Å². The number of carbonyl (C=O) groups is 1. The van der Waals surface area contributed by atoms with Gasteiger partial charge in [0, 0.05) is 24.9 Å². The van der Waals surface area contributed by atoms with Gasteiger partial charge in [-0.1, -0.05) is 0 Å². The molecule has 1 aromatic carbocycles. The lowest BCUT2D eigenvalue weighted by Crippen LogP contribution is -2.59. The first-order valence-corrected chi connectivity index (χ1v) is 9.17. The molecule has 27 heavy (non-hydrogen) atoms. The zero-order valence-electron chi connectivity index (χ0n) is 15.8. The summed E-state index contributed by atoms with van der Waals surface area (Å²) in [6.45, 7) is 5.38. The van der Waals surface area contributed by atoms with Gasteiger partial charge in [0.25, 0.3) is 0 Å². The second-order valence-corrected chi connectivity index (χ2v) is 8.49. The Kier molecular flexibility index (Phi) is 4.89. The van der Waals surface area contributed by atoms with Crippen molar-refractivity contribution in [3.63, 3.8) is 0 Å². The van der Waals surface area contributed by atoms with Gasteiger partial charge >= 0.3 is 6.09 Å². The molecule has 0 saturated carbocycles. The molecule has 2 unspecified atom stereocenters. The van der Waals surface area contributed by atoms with Crippen molar-refractivity contribution in [1.82, 2.24) is 4.90 Å². The van der Waals surface area contributed by atoms with E-state index >= 15 is 0 Å². The standard InChI is InChI=1S/C20H24F2N2O3/c1-19(2,3)27-18(25)24-13-5-4-6-14(24)10-20(26,9-13)12-7-16(21)15(11-23)17(22)8-12/h7-8,13-14,26H,4-6,9-10H2,1-3H3. The molecule has 2 aliphatic rings. The lowest BCUT2D eigenvalue weighted by atomic mass is 9.72. The number of hydrogen-bond acceptors (Lipinski definition) is 4. The summed E-state index contributed by atoms with van der Waals surface area (Å²) in [5.41, 5.74) is -2.63. The van der Waals surface area contributed by atoms with Crippen LogP contribution in [0.15, 0.2) is 12.1 Å². The summed E-state index contributed by atoms with van der Waals surface area (Å²) in [7, 11) is 0. The van der Waals surface area contributed by atoms with Crippen molar-refractivity contribution >= 4 is 6.09 Å². The third-order valence-electron chi connectivity index (χ3n) is 5.30. The lowest BCUT2D eigenvalue weighted by Gasteiger charge is -2.51. The maximum atomic E-state index is 14.1. The number of aliphatic hydroxyl groups is 1. The Morgan fingerprint density at radius 1 is 1.26 bits per heavy atom. The van der Waals surface area contributed by atoms with Gasteiger partial charge in [-0.05, 0) is 57.7 Å². The Labute approximate surface area is 157 Å². The highest BCUT2D eigenvalue weighted by Gasteiger charge is 2.49. The van der Waals surface area contributed by atoms with Gasteiger partial charge in [-0.25, -0.2) is 13.6 Å². The number of nitriles is 1. The first-order chi connectivity index (χ1) is 12.5. The molecule has 2 fully saturated rings. The molecule has 1 N–H and O–H groups in total. The molecule has 2 aliphatic heterocycles. The zero-order chi connectivity index (χ0) is 20.0. The lowest BCUT2D eigenvalue weighted by molar-refractivity contribution is -0.0967. The quantitative estimate of drug-likeness (QED) is 0.802. The largest absolute Gasteiger partial charge is 0.444 e. The van der Waals surface area contributed by atoms with E-state index in [4.69, 9.17) is 10.00 Å². The van der Waals surface area contributed by atoms with Crippen molar-refractivity contribution < 1.29 is 23.4 Å². The topological polar surface area (TPSA) is 73.6 Å². The van der Waals surface area contributed by atoms with Crippen molar-refractivity contribution in [2.75, 3.05) is 0 Å². The van der Waals surface area contributed by atoms with Gasteiger partial charge in [0.1, 0.15) is 28.9 Å². The number of hydrogen-bond donors (Lipinski definition) is 1. The van der Waals surface area contributed by atoms with E-state index in [2.05, 4.69) is 0 Å². The molecule has 0 aliphatic carbocycles. The maximum Gasteiger partial charge on any atom is 0.410 e. The van der Waals surface area contributed by atoms with Crippen LogP contribution in [0.25, 0.3) is 0 Å². The number of fused-ring (bicyclic) bond motifs is 2. The van der Waals surface area contributed by atoms with Crippen molar-refractivity contribution in [3.8, 4) is 6.07 Å². The van der Waals surface area contributed by atoms with Crippen molar-refractivity contribution in [3.05, 3.63) is 34.9 Å². The van der Waals surface area contributed by atoms with Crippen LogP contribution >= 0.6 is 0 Å². The third kappa shape index (κ3) is 3.77. The molecule has 0 radical (unpaired) electrons. The highest BCUT2D eigenvalue weighted by atomic mass is 19.1. The van der Waals surface area contributed by atoms with E-state index in [9.17, 15) is 18.7 Å². The number of halogens is 2. The number of carbonyl (C=O) groups excluding carboxylic acids is 1. The molecule has 2 bridgehead atoms. The van der Waals surface area contributed by atoms with Crippen molar-refractivity contribution in [2.45, 2.75) is 76.2 Å². The van der Waals surface area contributed by atoms with Gasteiger partial charge in [0.2, 0.25) is 0 Å². The first-order valence-electron chi connectivity index (χ1n) is 9.17. The van der Waals surface area contributed by atoms with E-state index in [0.29, 0.717) is 12.8 Å². The summed E-state index contributed by atoms with van der Waals surface area (Å²) < 4.78 is 33.6. The molecule has 2 saturated heterocycles. The fourth-order valence-electron chi connectivity index (χ4n) is 4.23. The maximum absolute atomic E-state index is 14.1. The number of amides is 1. The highest BCUT2D eigenvalue weighted by Crippen LogP contribution is 2.45. The second kappa shape index (κ2) is 6.75. The minimum atomic E-state index is -1.45. The van der Waals surface area contributed by atoms with E-state index in [-0.39, 0.29) is 30.5 Å². The Bertz CT molecular complexity index is 760. The fraction of sp³-hybridized carbons (Fsp3) is 0.600. The van der Waals surface area contributed by atoms with E-state index in [1.165, 1.54) is 6.07 Å². The normalized spacial score (nSPS) is 27.8. The summed E-state index contributed by atoms with van der Waals surface area (Å²) in [4.78, 5) is 14.3. The smallest absolute Gasteiger partial charge is 0.410 e. The van der Waals surface area contributed by atoms with Crippen LogP contribution in [0.3, 0.4) is 0 Å². The number of rotatable bonds is 1. The minimum absolute atomic E-state index is 0.109. The summed E-state index contributed by atoms with van der Waals surface area (Å²) in [5, 5.41) is 20.0. The Morgan fingerprint density at radius 3 is 2.22 bits per heavy atom. The average Bonchev–Trinajstić information content (AvgIpc) is 2.52. The average molecular weight is 378 g/mol. The van der Waals surface area contributed by atoms with Crippen LogP contribution in [0, 0.1) is 23.0 Å². The monoisotopic (exact) mass is 378 g/mol. The molecule has 0 aromatic heterocycles. The first kappa shape index (κ1) is 19.6. The minimum Gasteiger partial charge on any atom is -0.444 e. The van der Waals surface area contributed by atoms with Crippen LogP contribution in [0.2, 0.25) is 0 Å². The van der Waals surface area contributed by atoms with Crippen molar-refractivity contribution in [1.29, 1.82) is 5.26 Å². The molecule has 5 nitrogen and oxygen atoms in total. The van der Waals surface area contributed by atoms with Gasteiger partial charge in [-0.15, -0.1) is 0 Å². The number of benzene rings is 1. The van der Waals surface area contributed by atoms with Crippen LogP contribution in [0.1, 0.15) is 64.0 Å². The molecule has 2 atom stereocenters. The number of nitrogens with zero attached hydrogens (tertiary/aromatic N) is 2. The van der Waals surface area contributed by atoms with Gasteiger partial charge in [-0.2, -0.15) is 5.26 Å². The SMILES string of the molecule is CC(C)(C)OC(=O)N1C2CCCC1CC(O)(c1cc(F)c(C#N)c(F)c1)C2. The van der Waals surface area contributed by atoms with Crippen LogP contribution in [-0.4, -0.2) is 33.8 Å². The molecule has 3 rings (SSSR count). The molecule has 7 heteroatoms. The van der Waals surface area contributed by atoms with Crippen LogP contribution in [0.5, 0.6) is 0 Å². The molecule has 146 valence electrons. The highest BCUT2D eigenvalue weighted by molar-refractivity contribution is 5.69. The summed E-state index contributed by atoms with van der Waals surface area (Å²) in [6.07, 6.45) is 2.23. The predicted molar refractivity (Wildman–Crippen MR) is 93.7 cm³/mol. The van der Waals surface area contributed by atoms with E-state index in [1.54, 1.807) is 25.7 Å². The molecule has 1 amide bonds. The van der Waals surface area contributed by atoms with Gasteiger partial charge in [-0.3, -0.25) is 0 Å². The van der Waals surface area contributed by atoms with Gasteiger partial charge in [0.05, 0.1) is 5.60 Å². The van der Waals surface area contributed by atoms with Crippen molar-refractivity contribution in [2.24, 2.45) is 0 Å². The predicted octanol–water partition coefficient (Wildman–Crippen LogP) is 3.98. The molecular formula is C20H24F2N2O3. The third-order valence-corrected chi connectivity index (χ3v) is 5.30. The summed E-state index contributed by atoms with van der Waals surface area (Å²) >= 11 is 0. The van der Waals surface area contributed by atoms with Crippen LogP contribution in [0.4, 0.5) is 13.6 Å². The Morgan fingerprint density at radius 2 is 1.78 bits per heavy atom.